The highest BCUT2D eigenvalue weighted by Gasteiger charge is 2.31. The molecule has 0 radical (unpaired) electrons. The van der Waals surface area contributed by atoms with E-state index in [1.165, 1.54) is 5.56 Å². The van der Waals surface area contributed by atoms with Crippen LogP contribution in [0.4, 0.5) is 0 Å². The predicted molar refractivity (Wildman–Crippen MR) is 87.0 cm³/mol. The molecule has 0 aliphatic carbocycles. The van der Waals surface area contributed by atoms with E-state index in [0.717, 1.165) is 24.9 Å². The Kier molecular flexibility index (Phi) is 5.40. The molecule has 0 spiro atoms. The molecule has 3 nitrogen and oxygen atoms in total. The lowest BCUT2D eigenvalue weighted by Crippen LogP contribution is -2.35. The Hall–Kier alpha value is -1.35. The van der Waals surface area contributed by atoms with Crippen LogP contribution in [0.3, 0.4) is 0 Å². The highest BCUT2D eigenvalue weighted by atomic mass is 16.2. The summed E-state index contributed by atoms with van der Waals surface area (Å²) in [7, 11) is 0. The molecule has 1 fully saturated rings. The van der Waals surface area contributed by atoms with Gasteiger partial charge in [-0.15, -0.1) is 0 Å². The molecule has 116 valence electrons. The zero-order valence-corrected chi connectivity index (χ0v) is 13.5. The van der Waals surface area contributed by atoms with Gasteiger partial charge in [0.15, 0.2) is 0 Å². The molecule has 1 aliphatic heterocycles. The Morgan fingerprint density at radius 3 is 2.43 bits per heavy atom. The molecule has 1 amide bonds. The van der Waals surface area contributed by atoms with E-state index in [-0.39, 0.29) is 5.91 Å². The first-order valence-electron chi connectivity index (χ1n) is 8.07. The van der Waals surface area contributed by atoms with Crippen molar-refractivity contribution in [2.75, 3.05) is 13.1 Å². The Bertz CT molecular complexity index is 467. The Morgan fingerprint density at radius 1 is 1.29 bits per heavy atom. The first-order chi connectivity index (χ1) is 9.99. The van der Waals surface area contributed by atoms with Crippen LogP contribution < -0.4 is 5.73 Å². The number of carbonyl (C=O) groups is 1. The lowest BCUT2D eigenvalue weighted by Gasteiger charge is -2.21. The molecular formula is C18H28N2O. The summed E-state index contributed by atoms with van der Waals surface area (Å²) in [4.78, 5) is 14.4. The van der Waals surface area contributed by atoms with E-state index < -0.39 is 0 Å². The van der Waals surface area contributed by atoms with Crippen molar-refractivity contribution in [1.82, 2.24) is 4.90 Å². The molecule has 1 saturated heterocycles. The molecule has 0 saturated carbocycles. The summed E-state index contributed by atoms with van der Waals surface area (Å²) >= 11 is 0. The minimum Gasteiger partial charge on any atom is -0.339 e. The van der Waals surface area contributed by atoms with Gasteiger partial charge in [-0.05, 0) is 49.3 Å². The minimum atomic E-state index is 0.232. The Balaban J connectivity index is 1.93. The maximum absolute atomic E-state index is 12.4. The fourth-order valence-corrected chi connectivity index (χ4v) is 3.20. The van der Waals surface area contributed by atoms with Crippen LogP contribution in [-0.4, -0.2) is 29.9 Å². The van der Waals surface area contributed by atoms with Crippen LogP contribution in [0.2, 0.25) is 0 Å². The van der Waals surface area contributed by atoms with Gasteiger partial charge in [-0.2, -0.15) is 0 Å². The molecule has 3 heteroatoms. The van der Waals surface area contributed by atoms with E-state index in [4.69, 9.17) is 5.73 Å². The topological polar surface area (TPSA) is 46.3 Å². The number of carbonyl (C=O) groups excluding carboxylic acids is 1. The van der Waals surface area contributed by atoms with Gasteiger partial charge in [-0.3, -0.25) is 4.79 Å². The van der Waals surface area contributed by atoms with Gasteiger partial charge >= 0.3 is 0 Å². The Labute approximate surface area is 128 Å². The smallest absolute Gasteiger partial charge is 0.227 e. The van der Waals surface area contributed by atoms with Crippen molar-refractivity contribution < 1.29 is 4.79 Å². The predicted octanol–water partition coefficient (Wildman–Crippen LogP) is 2.62. The van der Waals surface area contributed by atoms with Crippen LogP contribution in [0, 0.1) is 11.8 Å². The van der Waals surface area contributed by atoms with Crippen molar-refractivity contribution in [2.45, 2.75) is 46.1 Å². The molecule has 2 rings (SSSR count). The zero-order valence-electron chi connectivity index (χ0n) is 13.5. The molecule has 21 heavy (non-hydrogen) atoms. The second-order valence-corrected chi connectivity index (χ2v) is 6.82. The fraction of sp³-hybridized carbons (Fsp3) is 0.611. The molecule has 2 atom stereocenters. The van der Waals surface area contributed by atoms with Gasteiger partial charge in [0.1, 0.15) is 0 Å². The van der Waals surface area contributed by atoms with Gasteiger partial charge in [0, 0.05) is 12.6 Å². The number of nitrogens with two attached hydrogens (primary N) is 1. The van der Waals surface area contributed by atoms with Gasteiger partial charge in [0.25, 0.3) is 0 Å². The molecule has 0 aromatic heterocycles. The molecule has 1 aromatic carbocycles. The van der Waals surface area contributed by atoms with Gasteiger partial charge in [0.2, 0.25) is 5.91 Å². The highest BCUT2D eigenvalue weighted by molar-refractivity contribution is 5.79. The number of amides is 1. The summed E-state index contributed by atoms with van der Waals surface area (Å²) in [5.41, 5.74) is 8.18. The summed E-state index contributed by atoms with van der Waals surface area (Å²) in [6.45, 7) is 8.07. The van der Waals surface area contributed by atoms with E-state index in [0.29, 0.717) is 30.8 Å². The minimum absolute atomic E-state index is 0.232. The van der Waals surface area contributed by atoms with Crippen LogP contribution in [-0.2, 0) is 17.6 Å². The summed E-state index contributed by atoms with van der Waals surface area (Å²) in [6.07, 6.45) is 2.63. The monoisotopic (exact) mass is 288 g/mol. The number of likely N-dealkylation sites (tertiary alicyclic amines) is 1. The van der Waals surface area contributed by atoms with E-state index in [1.54, 1.807) is 0 Å². The van der Waals surface area contributed by atoms with Crippen LogP contribution >= 0.6 is 0 Å². The van der Waals surface area contributed by atoms with Crippen molar-refractivity contribution >= 4 is 5.91 Å². The summed E-state index contributed by atoms with van der Waals surface area (Å²) in [5, 5.41) is 0. The maximum Gasteiger partial charge on any atom is 0.227 e. The number of hydrogen-bond acceptors (Lipinski definition) is 2. The van der Waals surface area contributed by atoms with Crippen molar-refractivity contribution in [1.29, 1.82) is 0 Å². The maximum atomic E-state index is 12.4. The zero-order chi connectivity index (χ0) is 15.4. The van der Waals surface area contributed by atoms with Crippen LogP contribution in [0.1, 0.15) is 38.3 Å². The summed E-state index contributed by atoms with van der Waals surface area (Å²) in [6, 6.07) is 8.82. The SMILES string of the molecule is CC(C)Cc1ccc(CC(=O)N2CC(CN)CC2C)cc1. The molecular weight excluding hydrogens is 260 g/mol. The third kappa shape index (κ3) is 4.31. The normalized spacial score (nSPS) is 22.0. The molecule has 2 N–H and O–H groups in total. The highest BCUT2D eigenvalue weighted by Crippen LogP contribution is 2.23. The van der Waals surface area contributed by atoms with Crippen LogP contribution in [0.25, 0.3) is 0 Å². The second kappa shape index (κ2) is 7.08. The van der Waals surface area contributed by atoms with Crippen molar-refractivity contribution in [3.63, 3.8) is 0 Å². The average Bonchev–Trinajstić information content (AvgIpc) is 2.82. The standard InChI is InChI=1S/C18H28N2O/c1-13(2)8-15-4-6-16(7-5-15)10-18(21)20-12-17(11-19)9-14(20)3/h4-7,13-14,17H,8-12,19H2,1-3H3. The molecule has 1 heterocycles. The average molecular weight is 288 g/mol. The first-order valence-corrected chi connectivity index (χ1v) is 8.07. The number of rotatable bonds is 5. The Morgan fingerprint density at radius 2 is 1.90 bits per heavy atom. The largest absolute Gasteiger partial charge is 0.339 e. The third-order valence-electron chi connectivity index (χ3n) is 4.34. The molecule has 2 unspecified atom stereocenters. The van der Waals surface area contributed by atoms with Crippen LogP contribution in [0.5, 0.6) is 0 Å². The van der Waals surface area contributed by atoms with Gasteiger partial charge in [-0.25, -0.2) is 0 Å². The number of nitrogens with zero attached hydrogens (tertiary/aromatic N) is 1. The number of hydrogen-bond donors (Lipinski definition) is 1. The van der Waals surface area contributed by atoms with E-state index in [1.807, 2.05) is 4.90 Å². The summed E-state index contributed by atoms with van der Waals surface area (Å²) in [5.74, 6) is 1.36. The van der Waals surface area contributed by atoms with E-state index in [2.05, 4.69) is 45.0 Å². The lowest BCUT2D eigenvalue weighted by atomic mass is 10.0. The fourth-order valence-electron chi connectivity index (χ4n) is 3.20. The first kappa shape index (κ1) is 16.0. The second-order valence-electron chi connectivity index (χ2n) is 6.82. The van der Waals surface area contributed by atoms with Crippen molar-refractivity contribution in [2.24, 2.45) is 17.6 Å². The van der Waals surface area contributed by atoms with Crippen LogP contribution in [0.15, 0.2) is 24.3 Å². The van der Waals surface area contributed by atoms with Crippen molar-refractivity contribution in [3.05, 3.63) is 35.4 Å². The molecule has 1 aromatic rings. The number of benzene rings is 1. The van der Waals surface area contributed by atoms with Gasteiger partial charge in [0.05, 0.1) is 6.42 Å². The molecule has 1 aliphatic rings. The van der Waals surface area contributed by atoms with Crippen molar-refractivity contribution in [3.8, 4) is 0 Å². The van der Waals surface area contributed by atoms with E-state index >= 15 is 0 Å². The quantitative estimate of drug-likeness (QED) is 0.905. The summed E-state index contributed by atoms with van der Waals surface area (Å²) < 4.78 is 0. The lowest BCUT2D eigenvalue weighted by molar-refractivity contribution is -0.131. The third-order valence-corrected chi connectivity index (χ3v) is 4.34. The van der Waals surface area contributed by atoms with Gasteiger partial charge < -0.3 is 10.6 Å². The molecule has 0 bridgehead atoms. The van der Waals surface area contributed by atoms with E-state index in [9.17, 15) is 4.79 Å². The van der Waals surface area contributed by atoms with Gasteiger partial charge in [-0.1, -0.05) is 38.1 Å².